The Hall–Kier alpha value is -1.59. The van der Waals surface area contributed by atoms with E-state index in [0.717, 1.165) is 32.1 Å². The van der Waals surface area contributed by atoms with Gasteiger partial charge in [-0.25, -0.2) is 9.48 Å². The first-order valence-electron chi connectivity index (χ1n) is 7.59. The molecule has 114 valence electrons. The fourth-order valence-electron chi connectivity index (χ4n) is 2.10. The molecule has 0 radical (unpaired) electrons. The van der Waals surface area contributed by atoms with Gasteiger partial charge in [-0.15, -0.1) is 5.10 Å². The van der Waals surface area contributed by atoms with Gasteiger partial charge >= 0.3 is 5.69 Å². The highest BCUT2D eigenvalue weighted by atomic mass is 16.2. The summed E-state index contributed by atoms with van der Waals surface area (Å²) >= 11 is 0. The normalized spacial score (nSPS) is 10.9. The van der Waals surface area contributed by atoms with E-state index >= 15 is 0 Å². The number of rotatable bonds is 9. The molecule has 0 saturated heterocycles. The van der Waals surface area contributed by atoms with Gasteiger partial charge in [-0.3, -0.25) is 9.36 Å². The number of unbranched alkanes of at least 4 members (excludes halogenated alkanes) is 5. The topological polar surface area (TPSA) is 82.9 Å². The average Bonchev–Trinajstić information content (AvgIpc) is 2.44. The minimum absolute atomic E-state index is 0.0886. The first-order chi connectivity index (χ1) is 9.61. The van der Waals surface area contributed by atoms with Crippen molar-refractivity contribution in [3.05, 3.63) is 20.8 Å². The van der Waals surface area contributed by atoms with Crippen LogP contribution >= 0.6 is 0 Å². The maximum absolute atomic E-state index is 12.2. The van der Waals surface area contributed by atoms with Crippen molar-refractivity contribution < 1.29 is 0 Å². The summed E-state index contributed by atoms with van der Waals surface area (Å²) in [5, 5.41) is 3.91. The van der Waals surface area contributed by atoms with Gasteiger partial charge in [0.1, 0.15) is 0 Å². The van der Waals surface area contributed by atoms with Crippen LogP contribution in [0.3, 0.4) is 0 Å². The predicted molar refractivity (Wildman–Crippen MR) is 80.8 cm³/mol. The zero-order valence-corrected chi connectivity index (χ0v) is 12.6. The van der Waals surface area contributed by atoms with E-state index in [1.807, 2.05) is 6.92 Å². The predicted octanol–water partition coefficient (Wildman–Crippen LogP) is 1.76. The maximum atomic E-state index is 12.2. The molecule has 6 heteroatoms. The molecule has 6 nitrogen and oxygen atoms in total. The van der Waals surface area contributed by atoms with Crippen molar-refractivity contribution in [3.63, 3.8) is 0 Å². The standard InChI is InChI=1S/C14H26N4O2/c1-3-5-7-8-9-11-18-14(20)17(10-6-4-2)13(19)12(15)16-18/h3-11H2,1-2H3,(H2,15,16). The molecule has 0 atom stereocenters. The van der Waals surface area contributed by atoms with E-state index in [4.69, 9.17) is 5.73 Å². The van der Waals surface area contributed by atoms with E-state index < -0.39 is 5.56 Å². The minimum atomic E-state index is -0.467. The highest BCUT2D eigenvalue weighted by Crippen LogP contribution is 2.03. The molecule has 1 rings (SSSR count). The second-order valence-electron chi connectivity index (χ2n) is 5.12. The SMILES string of the molecule is CCCCCCCn1nc(N)c(=O)n(CCCC)c1=O. The summed E-state index contributed by atoms with van der Waals surface area (Å²) in [4.78, 5) is 24.0. The molecule has 0 aliphatic rings. The molecule has 0 aliphatic carbocycles. The van der Waals surface area contributed by atoms with Crippen molar-refractivity contribution in [2.45, 2.75) is 71.9 Å². The number of hydrogen-bond acceptors (Lipinski definition) is 4. The molecule has 1 heterocycles. The van der Waals surface area contributed by atoms with Crippen molar-refractivity contribution >= 4 is 5.82 Å². The lowest BCUT2D eigenvalue weighted by Crippen LogP contribution is -2.42. The van der Waals surface area contributed by atoms with Gasteiger partial charge in [-0.05, 0) is 12.8 Å². The first-order valence-corrected chi connectivity index (χ1v) is 7.59. The van der Waals surface area contributed by atoms with Crippen LogP contribution in [0.2, 0.25) is 0 Å². The number of anilines is 1. The lowest BCUT2D eigenvalue weighted by molar-refractivity contribution is 0.461. The lowest BCUT2D eigenvalue weighted by Gasteiger charge is -2.09. The molecular formula is C14H26N4O2. The lowest BCUT2D eigenvalue weighted by atomic mass is 10.1. The summed E-state index contributed by atoms with van der Waals surface area (Å²) in [7, 11) is 0. The summed E-state index contributed by atoms with van der Waals surface area (Å²) in [6.07, 6.45) is 7.22. The summed E-state index contributed by atoms with van der Waals surface area (Å²) in [6.45, 7) is 5.12. The Morgan fingerprint density at radius 2 is 1.60 bits per heavy atom. The molecule has 0 fully saturated rings. The highest BCUT2D eigenvalue weighted by molar-refractivity contribution is 5.20. The molecule has 0 saturated carbocycles. The summed E-state index contributed by atoms with van der Waals surface area (Å²) < 4.78 is 2.54. The van der Waals surface area contributed by atoms with Crippen LogP contribution < -0.4 is 17.0 Å². The molecule has 1 aromatic rings. The van der Waals surface area contributed by atoms with Gasteiger partial charge in [0.25, 0.3) is 5.56 Å². The van der Waals surface area contributed by atoms with Gasteiger partial charge in [-0.2, -0.15) is 0 Å². The van der Waals surface area contributed by atoms with E-state index in [2.05, 4.69) is 12.0 Å². The van der Waals surface area contributed by atoms with Crippen LogP contribution in [0.15, 0.2) is 9.59 Å². The number of hydrogen-bond donors (Lipinski definition) is 1. The van der Waals surface area contributed by atoms with Crippen LogP contribution in [0, 0.1) is 0 Å². The van der Waals surface area contributed by atoms with Gasteiger partial charge in [0.05, 0.1) is 0 Å². The Balaban J connectivity index is 2.78. The van der Waals surface area contributed by atoms with E-state index in [0.29, 0.717) is 13.1 Å². The van der Waals surface area contributed by atoms with Gasteiger partial charge < -0.3 is 5.73 Å². The van der Waals surface area contributed by atoms with E-state index in [1.54, 1.807) is 0 Å². The maximum Gasteiger partial charge on any atom is 0.347 e. The van der Waals surface area contributed by atoms with Gasteiger partial charge in [0.2, 0.25) is 5.82 Å². The van der Waals surface area contributed by atoms with E-state index in [9.17, 15) is 9.59 Å². The second kappa shape index (κ2) is 8.55. The van der Waals surface area contributed by atoms with Gasteiger partial charge in [0, 0.05) is 13.1 Å². The van der Waals surface area contributed by atoms with Crippen molar-refractivity contribution in [2.24, 2.45) is 0 Å². The zero-order chi connectivity index (χ0) is 15.0. The fourth-order valence-corrected chi connectivity index (χ4v) is 2.10. The number of nitrogen functional groups attached to an aromatic ring is 1. The van der Waals surface area contributed by atoms with Crippen LogP contribution in [0.1, 0.15) is 58.8 Å². The monoisotopic (exact) mass is 282 g/mol. The van der Waals surface area contributed by atoms with Crippen LogP contribution in [0.25, 0.3) is 0 Å². The molecule has 2 N–H and O–H groups in total. The van der Waals surface area contributed by atoms with E-state index in [1.165, 1.54) is 22.1 Å². The van der Waals surface area contributed by atoms with E-state index in [-0.39, 0.29) is 11.5 Å². The summed E-state index contributed by atoms with van der Waals surface area (Å²) in [5.74, 6) is -0.0886. The Bertz CT molecular complexity index is 519. The van der Waals surface area contributed by atoms with Crippen LogP contribution in [0.4, 0.5) is 5.82 Å². The summed E-state index contributed by atoms with van der Waals surface area (Å²) in [6, 6.07) is 0. The Morgan fingerprint density at radius 3 is 2.25 bits per heavy atom. The quantitative estimate of drug-likeness (QED) is 0.699. The molecule has 0 spiro atoms. The number of aryl methyl sites for hydroxylation is 1. The molecule has 1 aromatic heterocycles. The zero-order valence-electron chi connectivity index (χ0n) is 12.6. The molecule has 0 bridgehead atoms. The van der Waals surface area contributed by atoms with Gasteiger partial charge in [0.15, 0.2) is 0 Å². The first kappa shape index (κ1) is 16.5. The number of nitrogens with two attached hydrogens (primary N) is 1. The third-order valence-corrected chi connectivity index (χ3v) is 3.35. The number of nitrogens with zero attached hydrogens (tertiary/aromatic N) is 3. The third kappa shape index (κ3) is 4.51. The largest absolute Gasteiger partial charge is 0.378 e. The third-order valence-electron chi connectivity index (χ3n) is 3.35. The summed E-state index contributed by atoms with van der Waals surface area (Å²) in [5.41, 5.74) is 4.80. The van der Waals surface area contributed by atoms with Crippen molar-refractivity contribution in [2.75, 3.05) is 5.73 Å². The Morgan fingerprint density at radius 1 is 0.950 bits per heavy atom. The van der Waals surface area contributed by atoms with Crippen molar-refractivity contribution in [1.29, 1.82) is 0 Å². The number of aromatic nitrogens is 3. The van der Waals surface area contributed by atoms with Gasteiger partial charge in [-0.1, -0.05) is 46.0 Å². The van der Waals surface area contributed by atoms with Crippen LogP contribution in [-0.4, -0.2) is 14.3 Å². The molecular weight excluding hydrogens is 256 g/mol. The molecule has 0 aromatic carbocycles. The minimum Gasteiger partial charge on any atom is -0.378 e. The second-order valence-corrected chi connectivity index (χ2v) is 5.12. The molecule has 0 unspecified atom stereocenters. The average molecular weight is 282 g/mol. The van der Waals surface area contributed by atoms with Crippen molar-refractivity contribution in [3.8, 4) is 0 Å². The molecule has 20 heavy (non-hydrogen) atoms. The molecule has 0 amide bonds. The molecule has 0 aliphatic heterocycles. The Labute approximate surface area is 119 Å². The van der Waals surface area contributed by atoms with Crippen LogP contribution in [0.5, 0.6) is 0 Å². The van der Waals surface area contributed by atoms with Crippen LogP contribution in [-0.2, 0) is 13.1 Å². The smallest absolute Gasteiger partial charge is 0.347 e. The highest BCUT2D eigenvalue weighted by Gasteiger charge is 2.10. The van der Waals surface area contributed by atoms with Crippen molar-refractivity contribution in [1.82, 2.24) is 14.3 Å². The Kier molecular flexibility index (Phi) is 7.04. The fraction of sp³-hybridized carbons (Fsp3) is 0.786.